The predicted molar refractivity (Wildman–Crippen MR) is 77.2 cm³/mol. The highest BCUT2D eigenvalue weighted by molar-refractivity contribution is 5.56. The lowest BCUT2D eigenvalue weighted by Crippen LogP contribution is -2.11. The zero-order chi connectivity index (χ0) is 15.6. The van der Waals surface area contributed by atoms with Crippen molar-refractivity contribution >= 4 is 11.5 Å². The summed E-state index contributed by atoms with van der Waals surface area (Å²) in [6, 6.07) is 3.27. The van der Waals surface area contributed by atoms with Gasteiger partial charge in [-0.3, -0.25) is 10.1 Å². The SMILES string of the molecule is Cc1cc(C)c(Oc2ncnc(NN)c2C)c([N+](=O)[O-])c1. The van der Waals surface area contributed by atoms with Crippen LogP contribution in [-0.2, 0) is 0 Å². The molecule has 8 nitrogen and oxygen atoms in total. The first-order valence-electron chi connectivity index (χ1n) is 6.15. The van der Waals surface area contributed by atoms with E-state index in [0.29, 0.717) is 16.9 Å². The Bertz CT molecular complexity index is 702. The molecule has 0 aliphatic rings. The van der Waals surface area contributed by atoms with Crippen LogP contribution >= 0.6 is 0 Å². The lowest BCUT2D eigenvalue weighted by molar-refractivity contribution is -0.385. The molecule has 0 amide bonds. The zero-order valence-electron chi connectivity index (χ0n) is 11.9. The van der Waals surface area contributed by atoms with Gasteiger partial charge in [0.2, 0.25) is 11.6 Å². The van der Waals surface area contributed by atoms with Crippen LogP contribution in [0.1, 0.15) is 16.7 Å². The smallest absolute Gasteiger partial charge is 0.312 e. The minimum absolute atomic E-state index is 0.104. The highest BCUT2D eigenvalue weighted by atomic mass is 16.6. The largest absolute Gasteiger partial charge is 0.431 e. The van der Waals surface area contributed by atoms with Gasteiger partial charge in [0, 0.05) is 6.07 Å². The monoisotopic (exact) mass is 289 g/mol. The number of hydrogen-bond acceptors (Lipinski definition) is 7. The first-order valence-corrected chi connectivity index (χ1v) is 6.15. The standard InChI is InChI=1S/C13H15N5O3/c1-7-4-8(2)11(10(5-7)18(19)20)21-13-9(3)12(17-14)15-6-16-13/h4-6H,14H2,1-3H3,(H,15,16,17). The van der Waals surface area contributed by atoms with Gasteiger partial charge in [-0.05, 0) is 31.9 Å². The average molecular weight is 289 g/mol. The van der Waals surface area contributed by atoms with Gasteiger partial charge in [0.25, 0.3) is 0 Å². The highest BCUT2D eigenvalue weighted by Gasteiger charge is 2.21. The van der Waals surface area contributed by atoms with Crippen LogP contribution in [0.25, 0.3) is 0 Å². The van der Waals surface area contributed by atoms with E-state index in [1.54, 1.807) is 26.8 Å². The molecule has 1 aromatic carbocycles. The van der Waals surface area contributed by atoms with Crippen LogP contribution in [0.5, 0.6) is 11.6 Å². The zero-order valence-corrected chi connectivity index (χ0v) is 11.9. The maximum Gasteiger partial charge on any atom is 0.312 e. The summed E-state index contributed by atoms with van der Waals surface area (Å²) >= 11 is 0. The fourth-order valence-corrected chi connectivity index (χ4v) is 1.98. The minimum Gasteiger partial charge on any atom is -0.431 e. The van der Waals surface area contributed by atoms with E-state index in [-0.39, 0.29) is 17.3 Å². The second kappa shape index (κ2) is 5.71. The maximum atomic E-state index is 11.2. The van der Waals surface area contributed by atoms with Gasteiger partial charge in [0.15, 0.2) is 0 Å². The second-order valence-corrected chi connectivity index (χ2v) is 4.59. The molecule has 3 N–H and O–H groups in total. The number of anilines is 1. The van der Waals surface area contributed by atoms with Gasteiger partial charge in [0.1, 0.15) is 12.1 Å². The number of nitrogen functional groups attached to an aromatic ring is 1. The Hall–Kier alpha value is -2.74. The fourth-order valence-electron chi connectivity index (χ4n) is 1.98. The third-order valence-electron chi connectivity index (χ3n) is 2.97. The van der Waals surface area contributed by atoms with E-state index < -0.39 is 4.92 Å². The number of hydrogen-bond donors (Lipinski definition) is 2. The van der Waals surface area contributed by atoms with Gasteiger partial charge in [-0.25, -0.2) is 15.8 Å². The van der Waals surface area contributed by atoms with Crippen LogP contribution in [0.3, 0.4) is 0 Å². The lowest BCUT2D eigenvalue weighted by Gasteiger charge is -2.12. The Kier molecular flexibility index (Phi) is 3.99. The van der Waals surface area contributed by atoms with Crippen molar-refractivity contribution in [3.8, 4) is 11.6 Å². The van der Waals surface area contributed by atoms with Crippen molar-refractivity contribution in [2.24, 2.45) is 5.84 Å². The third-order valence-corrected chi connectivity index (χ3v) is 2.97. The molecule has 0 aliphatic carbocycles. The molecule has 1 heterocycles. The van der Waals surface area contributed by atoms with E-state index in [9.17, 15) is 10.1 Å². The quantitative estimate of drug-likeness (QED) is 0.504. The molecule has 0 spiro atoms. The molecule has 21 heavy (non-hydrogen) atoms. The number of aromatic nitrogens is 2. The molecule has 8 heteroatoms. The van der Waals surface area contributed by atoms with E-state index in [1.807, 2.05) is 0 Å². The van der Waals surface area contributed by atoms with E-state index in [0.717, 1.165) is 5.56 Å². The summed E-state index contributed by atoms with van der Waals surface area (Å²) in [5.41, 5.74) is 4.32. The molecule has 0 atom stereocenters. The minimum atomic E-state index is -0.478. The van der Waals surface area contributed by atoms with Crippen molar-refractivity contribution in [2.75, 3.05) is 5.43 Å². The van der Waals surface area contributed by atoms with Crippen LogP contribution in [0, 0.1) is 30.9 Å². The molecule has 110 valence electrons. The molecule has 0 fully saturated rings. The van der Waals surface area contributed by atoms with Crippen molar-refractivity contribution in [3.63, 3.8) is 0 Å². The number of rotatable bonds is 4. The fraction of sp³-hybridized carbons (Fsp3) is 0.231. The topological polar surface area (TPSA) is 116 Å². The molecule has 0 saturated heterocycles. The van der Waals surface area contributed by atoms with Crippen molar-refractivity contribution < 1.29 is 9.66 Å². The van der Waals surface area contributed by atoms with Crippen molar-refractivity contribution in [1.82, 2.24) is 9.97 Å². The Morgan fingerprint density at radius 1 is 1.29 bits per heavy atom. The number of hydrazine groups is 1. The molecule has 0 aliphatic heterocycles. The molecule has 1 aromatic heterocycles. The van der Waals surface area contributed by atoms with Gasteiger partial charge in [-0.15, -0.1) is 0 Å². The molecule has 0 radical (unpaired) electrons. The Morgan fingerprint density at radius 3 is 2.62 bits per heavy atom. The highest BCUT2D eigenvalue weighted by Crippen LogP contribution is 2.36. The van der Waals surface area contributed by atoms with E-state index in [1.165, 1.54) is 12.4 Å². The van der Waals surface area contributed by atoms with Crippen LogP contribution in [0.4, 0.5) is 11.5 Å². The van der Waals surface area contributed by atoms with Crippen molar-refractivity contribution in [3.05, 3.63) is 45.3 Å². The second-order valence-electron chi connectivity index (χ2n) is 4.59. The lowest BCUT2D eigenvalue weighted by atomic mass is 10.1. The van der Waals surface area contributed by atoms with Crippen LogP contribution in [0.2, 0.25) is 0 Å². The van der Waals surface area contributed by atoms with Gasteiger partial charge in [-0.2, -0.15) is 0 Å². The molecule has 2 rings (SSSR count). The summed E-state index contributed by atoms with van der Waals surface area (Å²) in [4.78, 5) is 18.6. The van der Waals surface area contributed by atoms with Crippen LogP contribution in [0.15, 0.2) is 18.5 Å². The summed E-state index contributed by atoms with van der Waals surface area (Å²) < 4.78 is 5.64. The van der Waals surface area contributed by atoms with Gasteiger partial charge in [-0.1, -0.05) is 6.07 Å². The number of nitrogens with two attached hydrogens (primary N) is 1. The van der Waals surface area contributed by atoms with Crippen LogP contribution in [-0.4, -0.2) is 14.9 Å². The molecule has 0 bridgehead atoms. The summed E-state index contributed by atoms with van der Waals surface area (Å²) in [5, 5.41) is 11.2. The Balaban J connectivity index is 2.52. The number of aryl methyl sites for hydroxylation is 2. The predicted octanol–water partition coefficient (Wildman–Crippen LogP) is 2.39. The van der Waals surface area contributed by atoms with E-state index in [4.69, 9.17) is 10.6 Å². The summed E-state index contributed by atoms with van der Waals surface area (Å²) in [6.45, 7) is 5.24. The molecule has 0 unspecified atom stereocenters. The van der Waals surface area contributed by atoms with Crippen LogP contribution < -0.4 is 16.0 Å². The molecular weight excluding hydrogens is 274 g/mol. The Labute approximate surface area is 121 Å². The average Bonchev–Trinajstić information content (AvgIpc) is 2.43. The third kappa shape index (κ3) is 2.90. The first-order chi connectivity index (χ1) is 9.93. The number of nitrogens with one attached hydrogen (secondary N) is 1. The number of nitro benzene ring substituents is 1. The normalized spacial score (nSPS) is 10.3. The number of nitrogens with zero attached hydrogens (tertiary/aromatic N) is 3. The summed E-state index contributed by atoms with van der Waals surface area (Å²) in [6.07, 6.45) is 1.27. The Morgan fingerprint density at radius 2 is 2.00 bits per heavy atom. The summed E-state index contributed by atoms with van der Waals surface area (Å²) in [5.74, 6) is 6.11. The number of benzene rings is 1. The molecular formula is C13H15N5O3. The van der Waals surface area contributed by atoms with Gasteiger partial charge < -0.3 is 10.2 Å². The molecule has 2 aromatic rings. The van der Waals surface area contributed by atoms with E-state index >= 15 is 0 Å². The molecule has 0 saturated carbocycles. The van der Waals surface area contributed by atoms with Crippen molar-refractivity contribution in [2.45, 2.75) is 20.8 Å². The van der Waals surface area contributed by atoms with E-state index in [2.05, 4.69) is 15.4 Å². The maximum absolute atomic E-state index is 11.2. The summed E-state index contributed by atoms with van der Waals surface area (Å²) in [7, 11) is 0. The number of nitro groups is 1. The first kappa shape index (κ1) is 14.7. The van der Waals surface area contributed by atoms with Gasteiger partial charge in [0.05, 0.1) is 10.5 Å². The van der Waals surface area contributed by atoms with Crippen molar-refractivity contribution in [1.29, 1.82) is 0 Å². The number of ether oxygens (including phenoxy) is 1. The van der Waals surface area contributed by atoms with Gasteiger partial charge >= 0.3 is 5.69 Å².